The predicted molar refractivity (Wildman–Crippen MR) is 73.0 cm³/mol. The maximum atomic E-state index is 13.1. The fourth-order valence-electron chi connectivity index (χ4n) is 2.33. The lowest BCUT2D eigenvalue weighted by Crippen LogP contribution is -2.47. The van der Waals surface area contributed by atoms with Gasteiger partial charge in [-0.25, -0.2) is 8.78 Å². The van der Waals surface area contributed by atoms with Gasteiger partial charge in [0.1, 0.15) is 0 Å². The number of hydrogen-bond acceptors (Lipinski definition) is 3. The lowest BCUT2D eigenvalue weighted by molar-refractivity contribution is 0.0767. The fraction of sp³-hybridized carbons (Fsp3) is 0.467. The maximum Gasteiger partial charge on any atom is 0.159 e. The molecule has 1 aliphatic heterocycles. The van der Waals surface area contributed by atoms with E-state index in [0.717, 1.165) is 38.3 Å². The van der Waals surface area contributed by atoms with Crippen LogP contribution in [-0.2, 0) is 0 Å². The summed E-state index contributed by atoms with van der Waals surface area (Å²) in [6.45, 7) is 4.38. The van der Waals surface area contributed by atoms with Crippen molar-refractivity contribution < 1.29 is 13.9 Å². The fourth-order valence-corrected chi connectivity index (χ4v) is 2.33. The van der Waals surface area contributed by atoms with Gasteiger partial charge in [-0.3, -0.25) is 9.80 Å². The molecule has 1 heterocycles. The van der Waals surface area contributed by atoms with E-state index in [1.54, 1.807) is 0 Å². The van der Waals surface area contributed by atoms with Crippen molar-refractivity contribution in [3.8, 4) is 12.3 Å². The van der Waals surface area contributed by atoms with Gasteiger partial charge in [0.15, 0.2) is 11.6 Å². The summed E-state index contributed by atoms with van der Waals surface area (Å²) in [6, 6.07) is 3.50. The van der Waals surface area contributed by atoms with Crippen LogP contribution in [0.2, 0.25) is 0 Å². The Labute approximate surface area is 117 Å². The first-order chi connectivity index (χ1) is 9.60. The second-order valence-corrected chi connectivity index (χ2v) is 4.97. The Morgan fingerprint density at radius 2 is 1.80 bits per heavy atom. The third-order valence-corrected chi connectivity index (χ3v) is 3.54. The number of benzene rings is 1. The van der Waals surface area contributed by atoms with Crippen LogP contribution in [0.5, 0.6) is 0 Å². The van der Waals surface area contributed by atoms with E-state index in [-0.39, 0.29) is 0 Å². The molecule has 1 fully saturated rings. The molecule has 20 heavy (non-hydrogen) atoms. The Hall–Kier alpha value is -1.48. The van der Waals surface area contributed by atoms with Crippen LogP contribution >= 0.6 is 0 Å². The number of terminal acetylenes is 1. The number of hydrogen-bond donors (Lipinski definition) is 1. The van der Waals surface area contributed by atoms with E-state index in [9.17, 15) is 13.9 Å². The highest BCUT2D eigenvalue weighted by Gasteiger charge is 2.20. The van der Waals surface area contributed by atoms with Gasteiger partial charge in [0.25, 0.3) is 0 Å². The van der Waals surface area contributed by atoms with E-state index < -0.39 is 17.7 Å². The highest BCUT2D eigenvalue weighted by molar-refractivity contribution is 5.20. The van der Waals surface area contributed by atoms with Gasteiger partial charge < -0.3 is 5.11 Å². The van der Waals surface area contributed by atoms with Crippen molar-refractivity contribution in [1.82, 2.24) is 9.80 Å². The van der Waals surface area contributed by atoms with Gasteiger partial charge >= 0.3 is 0 Å². The van der Waals surface area contributed by atoms with Gasteiger partial charge in [0, 0.05) is 32.7 Å². The number of nitrogens with zero attached hydrogens (tertiary/aromatic N) is 2. The molecule has 1 aromatic carbocycles. The van der Waals surface area contributed by atoms with E-state index in [4.69, 9.17) is 6.42 Å². The monoisotopic (exact) mass is 280 g/mol. The maximum absolute atomic E-state index is 13.1. The van der Waals surface area contributed by atoms with Gasteiger partial charge in [-0.05, 0) is 17.7 Å². The number of aliphatic hydroxyl groups is 1. The molecule has 1 aliphatic rings. The lowest BCUT2D eigenvalue weighted by Gasteiger charge is -2.34. The average molecular weight is 280 g/mol. The van der Waals surface area contributed by atoms with Crippen molar-refractivity contribution in [2.75, 3.05) is 39.3 Å². The summed E-state index contributed by atoms with van der Waals surface area (Å²) in [5, 5.41) is 10.1. The molecule has 1 aromatic rings. The SMILES string of the molecule is C#CCN1CCN(CC(O)c2ccc(F)c(F)c2)CC1. The Kier molecular flexibility index (Phi) is 5.07. The van der Waals surface area contributed by atoms with Crippen molar-refractivity contribution in [2.24, 2.45) is 0 Å². The summed E-state index contributed by atoms with van der Waals surface area (Å²) >= 11 is 0. The first-order valence-electron chi connectivity index (χ1n) is 6.61. The van der Waals surface area contributed by atoms with E-state index in [2.05, 4.69) is 15.7 Å². The Bertz CT molecular complexity index is 493. The van der Waals surface area contributed by atoms with Crippen LogP contribution in [0.15, 0.2) is 18.2 Å². The van der Waals surface area contributed by atoms with Crippen molar-refractivity contribution >= 4 is 0 Å². The van der Waals surface area contributed by atoms with E-state index >= 15 is 0 Å². The summed E-state index contributed by atoms with van der Waals surface area (Å²) in [5.41, 5.74) is 0.398. The van der Waals surface area contributed by atoms with Crippen LogP contribution in [0.3, 0.4) is 0 Å². The molecule has 1 unspecified atom stereocenters. The van der Waals surface area contributed by atoms with Gasteiger partial charge in [0.2, 0.25) is 0 Å². The lowest BCUT2D eigenvalue weighted by atomic mass is 10.1. The van der Waals surface area contributed by atoms with Crippen molar-refractivity contribution in [2.45, 2.75) is 6.10 Å². The molecule has 0 bridgehead atoms. The molecular weight excluding hydrogens is 262 g/mol. The topological polar surface area (TPSA) is 26.7 Å². The molecule has 1 saturated heterocycles. The third-order valence-electron chi connectivity index (χ3n) is 3.54. The minimum atomic E-state index is -0.930. The molecule has 5 heteroatoms. The van der Waals surface area contributed by atoms with Crippen LogP contribution in [0.4, 0.5) is 8.78 Å². The van der Waals surface area contributed by atoms with Crippen LogP contribution < -0.4 is 0 Å². The zero-order valence-corrected chi connectivity index (χ0v) is 11.2. The number of piperazine rings is 1. The minimum absolute atomic E-state index is 0.398. The van der Waals surface area contributed by atoms with Crippen molar-refractivity contribution in [3.05, 3.63) is 35.4 Å². The molecule has 1 atom stereocenters. The second kappa shape index (κ2) is 6.80. The van der Waals surface area contributed by atoms with E-state index in [1.807, 2.05) is 0 Å². The summed E-state index contributed by atoms with van der Waals surface area (Å²) in [5.74, 6) is 0.782. The Balaban J connectivity index is 1.87. The molecule has 0 saturated carbocycles. The standard InChI is InChI=1S/C15H18F2N2O/c1-2-5-18-6-8-19(9-7-18)11-15(20)12-3-4-13(16)14(17)10-12/h1,3-4,10,15,20H,5-9,11H2. The van der Waals surface area contributed by atoms with Crippen LogP contribution in [0.25, 0.3) is 0 Å². The quantitative estimate of drug-likeness (QED) is 0.841. The van der Waals surface area contributed by atoms with Crippen LogP contribution in [0.1, 0.15) is 11.7 Å². The van der Waals surface area contributed by atoms with Gasteiger partial charge in [0.05, 0.1) is 12.6 Å². The molecule has 0 amide bonds. The first-order valence-corrected chi connectivity index (χ1v) is 6.61. The number of aliphatic hydroxyl groups excluding tert-OH is 1. The summed E-state index contributed by atoms with van der Waals surface area (Å²) in [7, 11) is 0. The van der Waals surface area contributed by atoms with Crippen LogP contribution in [0, 0.1) is 24.0 Å². The summed E-state index contributed by atoms with van der Waals surface area (Å²) in [4.78, 5) is 4.26. The Morgan fingerprint density at radius 1 is 1.15 bits per heavy atom. The smallest absolute Gasteiger partial charge is 0.159 e. The molecule has 2 rings (SSSR count). The Morgan fingerprint density at radius 3 is 2.40 bits per heavy atom. The number of β-amino-alcohol motifs (C(OH)–C–C–N with tert-alkyl or cyclic N) is 1. The number of rotatable bonds is 4. The van der Waals surface area contributed by atoms with Gasteiger partial charge in [-0.2, -0.15) is 0 Å². The first kappa shape index (κ1) is 14.9. The second-order valence-electron chi connectivity index (χ2n) is 4.97. The predicted octanol–water partition coefficient (Wildman–Crippen LogP) is 1.25. The number of halogens is 2. The summed E-state index contributed by atoms with van der Waals surface area (Å²) < 4.78 is 26.0. The molecule has 0 radical (unpaired) electrons. The minimum Gasteiger partial charge on any atom is -0.387 e. The zero-order valence-electron chi connectivity index (χ0n) is 11.2. The molecule has 0 spiro atoms. The summed E-state index contributed by atoms with van der Waals surface area (Å²) in [6.07, 6.45) is 4.45. The molecule has 1 N–H and O–H groups in total. The van der Waals surface area contributed by atoms with E-state index in [0.29, 0.717) is 18.7 Å². The van der Waals surface area contributed by atoms with Gasteiger partial charge in [-0.1, -0.05) is 12.0 Å². The highest BCUT2D eigenvalue weighted by atomic mass is 19.2. The molecule has 0 aromatic heterocycles. The molecule has 3 nitrogen and oxygen atoms in total. The highest BCUT2D eigenvalue weighted by Crippen LogP contribution is 2.18. The molecular formula is C15H18F2N2O. The third kappa shape index (κ3) is 3.76. The van der Waals surface area contributed by atoms with Crippen molar-refractivity contribution in [3.63, 3.8) is 0 Å². The zero-order chi connectivity index (χ0) is 14.5. The van der Waals surface area contributed by atoms with E-state index in [1.165, 1.54) is 6.07 Å². The van der Waals surface area contributed by atoms with Gasteiger partial charge in [-0.15, -0.1) is 6.42 Å². The van der Waals surface area contributed by atoms with Crippen LogP contribution in [-0.4, -0.2) is 54.2 Å². The van der Waals surface area contributed by atoms with Crippen molar-refractivity contribution in [1.29, 1.82) is 0 Å². The molecule has 0 aliphatic carbocycles. The molecule has 108 valence electrons. The average Bonchev–Trinajstić information content (AvgIpc) is 2.44. The largest absolute Gasteiger partial charge is 0.387 e. The normalized spacial score (nSPS) is 18.7.